The normalized spacial score (nSPS) is 20.8. The van der Waals surface area contributed by atoms with Crippen molar-refractivity contribution in [2.45, 2.75) is 12.1 Å². The van der Waals surface area contributed by atoms with Crippen molar-refractivity contribution < 1.29 is 4.74 Å². The minimum Gasteiger partial charge on any atom is -0.494 e. The summed E-state index contributed by atoms with van der Waals surface area (Å²) in [4.78, 5) is 0. The monoisotopic (exact) mass is 180 g/mol. The fourth-order valence-corrected chi connectivity index (χ4v) is 1.40. The molecule has 1 saturated heterocycles. The van der Waals surface area contributed by atoms with Crippen molar-refractivity contribution in [2.24, 2.45) is 0 Å². The molecule has 1 unspecified atom stereocenters. The summed E-state index contributed by atoms with van der Waals surface area (Å²) in [5, 5.41) is 0. The number of rotatable bonds is 3. The topological polar surface area (TPSA) is 9.23 Å². The van der Waals surface area contributed by atoms with E-state index in [4.69, 9.17) is 16.2 Å². The van der Waals surface area contributed by atoms with Gasteiger partial charge in [0.1, 0.15) is 5.75 Å². The lowest BCUT2D eigenvalue weighted by molar-refractivity contribution is 0.326. The Balaban J connectivity index is 1.80. The minimum absolute atomic E-state index is 0.355. The van der Waals surface area contributed by atoms with Gasteiger partial charge in [0.05, 0.1) is 6.61 Å². The maximum Gasteiger partial charge on any atom is 0.256 e. The van der Waals surface area contributed by atoms with Crippen molar-refractivity contribution in [2.75, 3.05) is 6.61 Å². The molecule has 0 bridgehead atoms. The molecule has 3 heteroatoms. The van der Waals surface area contributed by atoms with Gasteiger partial charge in [0.2, 0.25) is 0 Å². The smallest absolute Gasteiger partial charge is 0.256 e. The summed E-state index contributed by atoms with van der Waals surface area (Å²) in [6, 6.07) is 9.85. The van der Waals surface area contributed by atoms with Gasteiger partial charge in [0.25, 0.3) is 6.13 Å². The summed E-state index contributed by atoms with van der Waals surface area (Å²) in [5.41, 5.74) is 0. The van der Waals surface area contributed by atoms with Crippen LogP contribution >= 0.6 is 11.5 Å². The summed E-state index contributed by atoms with van der Waals surface area (Å²) in [7, 11) is 0. The number of halogens is 1. The van der Waals surface area contributed by atoms with E-state index in [0.717, 1.165) is 18.7 Å². The Bertz CT molecular complexity index is 252. The fraction of sp³-hybridized carbons (Fsp3) is 0.333. The summed E-state index contributed by atoms with van der Waals surface area (Å²) in [6.07, 6.45) is 1.46. The van der Waals surface area contributed by atoms with Crippen LogP contribution in [0.25, 0.3) is 0 Å². The molecule has 1 aliphatic heterocycles. The van der Waals surface area contributed by atoms with Gasteiger partial charge in [-0.3, -0.25) is 0 Å². The molecule has 0 spiro atoms. The first-order valence-electron chi connectivity index (χ1n) is 4.18. The average Bonchev–Trinajstić information content (AvgIpc) is 2.81. The Morgan fingerprint density at radius 1 is 1.42 bits per heavy atom. The van der Waals surface area contributed by atoms with Gasteiger partial charge in [-0.05, 0) is 17.9 Å². The van der Waals surface area contributed by atoms with E-state index in [2.05, 4.69) is 0 Å². The molecule has 0 radical (unpaired) electrons. The first-order chi connectivity index (χ1) is 5.86. The minimum atomic E-state index is 0.355. The summed E-state index contributed by atoms with van der Waals surface area (Å²) in [5.74, 6) is 1.51. The molecular weight excluding hydrogens is 170 g/mol. The molecular formula is C9H10BClO. The predicted octanol–water partition coefficient (Wildman–Crippen LogP) is 2.68. The van der Waals surface area contributed by atoms with Crippen LogP contribution < -0.4 is 4.74 Å². The van der Waals surface area contributed by atoms with E-state index in [1.807, 2.05) is 30.3 Å². The molecule has 1 nitrogen and oxygen atoms in total. The summed E-state index contributed by atoms with van der Waals surface area (Å²) < 4.78 is 5.52. The predicted molar refractivity (Wildman–Crippen MR) is 52.1 cm³/mol. The van der Waals surface area contributed by atoms with E-state index in [0.29, 0.717) is 11.9 Å². The van der Waals surface area contributed by atoms with Crippen LogP contribution in [-0.4, -0.2) is 12.7 Å². The standard InChI is InChI=1S/C9H10BClO/c11-10-6-8(10)7-12-9-4-2-1-3-5-9/h1-5,8H,6-7H2. The maximum absolute atomic E-state index is 5.84. The fourth-order valence-electron chi connectivity index (χ4n) is 1.10. The lowest BCUT2D eigenvalue weighted by atomic mass is 10.0. The zero-order chi connectivity index (χ0) is 8.39. The van der Waals surface area contributed by atoms with Gasteiger partial charge in [-0.2, -0.15) is 11.5 Å². The highest BCUT2D eigenvalue weighted by molar-refractivity contribution is 7.14. The Hall–Kier alpha value is -0.625. The molecule has 1 aromatic rings. The molecule has 12 heavy (non-hydrogen) atoms. The third-order valence-electron chi connectivity index (χ3n) is 2.04. The molecule has 2 rings (SSSR count). The van der Waals surface area contributed by atoms with Crippen LogP contribution in [0.3, 0.4) is 0 Å². The molecule has 1 fully saturated rings. The van der Waals surface area contributed by atoms with Crippen molar-refractivity contribution in [3.05, 3.63) is 30.3 Å². The maximum atomic E-state index is 5.84. The van der Waals surface area contributed by atoms with Gasteiger partial charge >= 0.3 is 0 Å². The van der Waals surface area contributed by atoms with Gasteiger partial charge in [-0.1, -0.05) is 24.5 Å². The van der Waals surface area contributed by atoms with Crippen LogP contribution in [0.4, 0.5) is 0 Å². The first kappa shape index (κ1) is 8.00. The summed E-state index contributed by atoms with van der Waals surface area (Å²) in [6.45, 7) is 0.762. The van der Waals surface area contributed by atoms with Gasteiger partial charge < -0.3 is 4.74 Å². The van der Waals surface area contributed by atoms with Crippen molar-refractivity contribution in [3.8, 4) is 5.75 Å². The molecule has 1 atom stereocenters. The van der Waals surface area contributed by atoms with E-state index >= 15 is 0 Å². The number of hydrogen-bond donors (Lipinski definition) is 0. The second-order valence-corrected chi connectivity index (χ2v) is 3.70. The van der Waals surface area contributed by atoms with Gasteiger partial charge in [-0.25, -0.2) is 0 Å². The highest BCUT2D eigenvalue weighted by Crippen LogP contribution is 2.39. The SMILES string of the molecule is ClB1CC1COc1ccccc1. The molecule has 0 amide bonds. The van der Waals surface area contributed by atoms with Gasteiger partial charge in [-0.15, -0.1) is 0 Å². The Morgan fingerprint density at radius 2 is 2.08 bits per heavy atom. The number of para-hydroxylation sites is 1. The number of hydrogen-bond acceptors (Lipinski definition) is 1. The van der Waals surface area contributed by atoms with Gasteiger partial charge in [0, 0.05) is 0 Å². The van der Waals surface area contributed by atoms with Crippen LogP contribution in [0, 0.1) is 0 Å². The highest BCUT2D eigenvalue weighted by atomic mass is 35.5. The number of benzene rings is 1. The van der Waals surface area contributed by atoms with Crippen LogP contribution in [0.1, 0.15) is 0 Å². The molecule has 0 aliphatic carbocycles. The zero-order valence-corrected chi connectivity index (χ0v) is 7.50. The van der Waals surface area contributed by atoms with Crippen molar-refractivity contribution in [1.82, 2.24) is 0 Å². The molecule has 1 aromatic carbocycles. The third-order valence-corrected chi connectivity index (χ3v) is 2.58. The van der Waals surface area contributed by atoms with E-state index in [9.17, 15) is 0 Å². The largest absolute Gasteiger partial charge is 0.494 e. The second kappa shape index (κ2) is 3.40. The lowest BCUT2D eigenvalue weighted by Gasteiger charge is -2.03. The van der Waals surface area contributed by atoms with Crippen molar-refractivity contribution in [3.63, 3.8) is 0 Å². The van der Waals surface area contributed by atoms with Gasteiger partial charge in [0.15, 0.2) is 0 Å². The lowest BCUT2D eigenvalue weighted by Crippen LogP contribution is -1.97. The Labute approximate surface area is 77.7 Å². The van der Waals surface area contributed by atoms with E-state index in [-0.39, 0.29) is 0 Å². The van der Waals surface area contributed by atoms with Crippen LogP contribution in [0.5, 0.6) is 5.75 Å². The van der Waals surface area contributed by atoms with Crippen molar-refractivity contribution >= 4 is 17.6 Å². The van der Waals surface area contributed by atoms with Crippen LogP contribution in [-0.2, 0) is 0 Å². The molecule has 1 aliphatic rings. The van der Waals surface area contributed by atoms with Crippen LogP contribution in [0.15, 0.2) is 30.3 Å². The Morgan fingerprint density at radius 3 is 2.67 bits per heavy atom. The summed E-state index contributed by atoms with van der Waals surface area (Å²) >= 11 is 5.84. The molecule has 0 saturated carbocycles. The average molecular weight is 180 g/mol. The van der Waals surface area contributed by atoms with Crippen molar-refractivity contribution in [1.29, 1.82) is 0 Å². The molecule has 0 N–H and O–H groups in total. The van der Waals surface area contributed by atoms with E-state index in [1.165, 1.54) is 0 Å². The third kappa shape index (κ3) is 1.95. The van der Waals surface area contributed by atoms with E-state index < -0.39 is 0 Å². The molecule has 1 heterocycles. The number of ether oxygens (including phenoxy) is 1. The molecule has 0 aromatic heterocycles. The van der Waals surface area contributed by atoms with E-state index in [1.54, 1.807) is 0 Å². The zero-order valence-electron chi connectivity index (χ0n) is 6.74. The van der Waals surface area contributed by atoms with Crippen LogP contribution in [0.2, 0.25) is 12.1 Å². The first-order valence-corrected chi connectivity index (χ1v) is 4.62. The highest BCUT2D eigenvalue weighted by Gasteiger charge is 2.40. The second-order valence-electron chi connectivity index (χ2n) is 3.14. The quantitative estimate of drug-likeness (QED) is 0.650. The molecule has 62 valence electrons. The Kier molecular flexibility index (Phi) is 2.27.